The number of hydrogen-bond acceptors (Lipinski definition) is 8. The van der Waals surface area contributed by atoms with Gasteiger partial charge in [0.05, 0.1) is 22.9 Å². The van der Waals surface area contributed by atoms with Gasteiger partial charge in [-0.05, 0) is 18.2 Å². The summed E-state index contributed by atoms with van der Waals surface area (Å²) in [6, 6.07) is 7.02. The van der Waals surface area contributed by atoms with Crippen molar-refractivity contribution in [2.45, 2.75) is 13.5 Å². The molecule has 0 spiro atoms. The van der Waals surface area contributed by atoms with Crippen LogP contribution < -0.4 is 20.1 Å². The summed E-state index contributed by atoms with van der Waals surface area (Å²) in [5, 5.41) is 9.54. The van der Waals surface area contributed by atoms with Gasteiger partial charge in [0.2, 0.25) is 0 Å². The zero-order valence-corrected chi connectivity index (χ0v) is 22.5. The molecular weight excluding hydrogens is 521 g/mol. The summed E-state index contributed by atoms with van der Waals surface area (Å²) in [4.78, 5) is 10.6. The van der Waals surface area contributed by atoms with Crippen LogP contribution in [-0.4, -0.2) is 52.1 Å². The van der Waals surface area contributed by atoms with Crippen molar-refractivity contribution in [3.05, 3.63) is 69.6 Å². The van der Waals surface area contributed by atoms with Crippen LogP contribution >= 0.6 is 23.2 Å². The minimum absolute atomic E-state index is 0.0331. The Balaban J connectivity index is 1.51. The first-order valence-electron chi connectivity index (χ1n) is 11.1. The average molecular weight is 548 g/mol. The fraction of sp³-hybridized carbons (Fsp3) is 0.320. The topological polar surface area (TPSA) is 114 Å². The van der Waals surface area contributed by atoms with Crippen molar-refractivity contribution in [2.24, 2.45) is 5.41 Å². The van der Waals surface area contributed by atoms with Gasteiger partial charge >= 0.3 is 0 Å². The highest BCUT2D eigenvalue weighted by Gasteiger charge is 2.40. The lowest BCUT2D eigenvalue weighted by Gasteiger charge is -2.48. The number of hydrogen-bond donors (Lipinski definition) is 2. The van der Waals surface area contributed by atoms with Crippen LogP contribution in [0.2, 0.25) is 10.0 Å². The van der Waals surface area contributed by atoms with Crippen LogP contribution in [0.25, 0.3) is 0 Å². The predicted molar refractivity (Wildman–Crippen MR) is 145 cm³/mol. The van der Waals surface area contributed by atoms with Crippen molar-refractivity contribution >= 4 is 51.2 Å². The lowest BCUT2D eigenvalue weighted by Crippen LogP contribution is -2.57. The Labute approximate surface area is 222 Å². The van der Waals surface area contributed by atoms with E-state index in [1.165, 1.54) is 19.5 Å². The third kappa shape index (κ3) is 5.58. The molecule has 3 N–H and O–H groups in total. The van der Waals surface area contributed by atoms with Crippen LogP contribution in [0, 0.1) is 10.8 Å². The molecule has 0 bridgehead atoms. The molecule has 1 aliphatic rings. The molecule has 1 aromatic carbocycles. The number of ether oxygens (including phenoxy) is 2. The van der Waals surface area contributed by atoms with Gasteiger partial charge in [-0.3, -0.25) is 14.6 Å². The SMILES string of the molecule is COc1cc(N)c(C(=N)c2ccc(N3CC(C)(CS(C)=O)C3)nc2)cc1OCc1c(Cl)cncc1Cl. The largest absolute Gasteiger partial charge is 0.493 e. The van der Waals surface area contributed by atoms with E-state index in [2.05, 4.69) is 21.8 Å². The minimum atomic E-state index is -0.830. The lowest BCUT2D eigenvalue weighted by molar-refractivity contribution is 0.280. The molecule has 11 heteroatoms. The van der Waals surface area contributed by atoms with Gasteiger partial charge in [0.25, 0.3) is 0 Å². The number of methoxy groups -OCH3 is 1. The number of benzene rings is 1. The van der Waals surface area contributed by atoms with Gasteiger partial charge in [-0.15, -0.1) is 0 Å². The molecule has 0 saturated carbocycles. The second kappa shape index (κ2) is 10.6. The molecule has 0 amide bonds. The number of anilines is 2. The summed E-state index contributed by atoms with van der Waals surface area (Å²) < 4.78 is 23.0. The first-order valence-corrected chi connectivity index (χ1v) is 13.6. The first kappa shape index (κ1) is 26.2. The maximum absolute atomic E-state index is 11.6. The summed E-state index contributed by atoms with van der Waals surface area (Å²) in [5.74, 6) is 2.32. The van der Waals surface area contributed by atoms with Crippen molar-refractivity contribution in [3.8, 4) is 11.5 Å². The standard InChI is InChI=1S/C25H27Cl2N5O3S/c1-25(14-36(3)33)12-32(13-25)23-5-4-15(8-31-23)24(29)16-6-22(21(34-2)7-20(16)28)35-11-17-18(26)9-30-10-19(17)27/h4-10,29H,11-14,28H2,1-3H3. The maximum Gasteiger partial charge on any atom is 0.162 e. The second-order valence-corrected chi connectivity index (χ2v) is 11.4. The van der Waals surface area contributed by atoms with Crippen LogP contribution in [0.1, 0.15) is 23.6 Å². The molecule has 190 valence electrons. The Morgan fingerprint density at radius 2 is 1.89 bits per heavy atom. The van der Waals surface area contributed by atoms with Crippen molar-refractivity contribution in [1.29, 1.82) is 5.41 Å². The predicted octanol–water partition coefficient (Wildman–Crippen LogP) is 4.57. The van der Waals surface area contributed by atoms with E-state index in [-0.39, 0.29) is 17.7 Å². The van der Waals surface area contributed by atoms with Gasteiger partial charge in [-0.25, -0.2) is 4.98 Å². The van der Waals surface area contributed by atoms with Crippen molar-refractivity contribution in [2.75, 3.05) is 42.8 Å². The first-order chi connectivity index (χ1) is 17.1. The zero-order valence-electron chi connectivity index (χ0n) is 20.2. The number of halogens is 2. The van der Waals surface area contributed by atoms with E-state index in [1.807, 2.05) is 12.1 Å². The minimum Gasteiger partial charge on any atom is -0.493 e. The van der Waals surface area contributed by atoms with Gasteiger partial charge in [0.15, 0.2) is 11.5 Å². The zero-order chi connectivity index (χ0) is 26.0. The van der Waals surface area contributed by atoms with Crippen molar-refractivity contribution in [3.63, 3.8) is 0 Å². The van der Waals surface area contributed by atoms with E-state index in [1.54, 1.807) is 24.6 Å². The highest BCUT2D eigenvalue weighted by Crippen LogP contribution is 2.36. The van der Waals surface area contributed by atoms with Crippen molar-refractivity contribution in [1.82, 2.24) is 9.97 Å². The second-order valence-electron chi connectivity index (χ2n) is 9.13. The molecule has 1 atom stereocenters. The van der Waals surface area contributed by atoms with E-state index in [9.17, 15) is 4.21 Å². The molecule has 0 aliphatic carbocycles. The molecule has 3 aromatic rings. The normalized spacial score (nSPS) is 15.2. The van der Waals surface area contributed by atoms with Crippen LogP contribution in [-0.2, 0) is 17.4 Å². The summed E-state index contributed by atoms with van der Waals surface area (Å²) in [6.07, 6.45) is 6.38. The van der Waals surface area contributed by atoms with Crippen LogP contribution in [0.3, 0.4) is 0 Å². The number of nitrogens with two attached hydrogens (primary N) is 1. The molecule has 1 saturated heterocycles. The molecule has 1 fully saturated rings. The smallest absolute Gasteiger partial charge is 0.162 e. The number of rotatable bonds is 9. The third-order valence-electron chi connectivity index (χ3n) is 5.99. The number of pyridine rings is 2. The van der Waals surface area contributed by atoms with Crippen LogP contribution in [0.15, 0.2) is 42.9 Å². The molecule has 1 aliphatic heterocycles. The summed E-state index contributed by atoms with van der Waals surface area (Å²) in [5.41, 5.74) is 8.55. The van der Waals surface area contributed by atoms with Gasteiger partial charge in [0, 0.05) is 88.3 Å². The number of nitrogens with zero attached hydrogens (tertiary/aromatic N) is 3. The van der Waals surface area contributed by atoms with Gasteiger partial charge in [0.1, 0.15) is 12.4 Å². The summed E-state index contributed by atoms with van der Waals surface area (Å²) in [7, 11) is 0.684. The average Bonchev–Trinajstić information content (AvgIpc) is 2.82. The molecule has 0 radical (unpaired) electrons. The Morgan fingerprint density at radius 1 is 1.19 bits per heavy atom. The molecule has 2 aromatic heterocycles. The van der Waals surface area contributed by atoms with E-state index in [4.69, 9.17) is 43.8 Å². The highest BCUT2D eigenvalue weighted by atomic mass is 35.5. The van der Waals surface area contributed by atoms with E-state index >= 15 is 0 Å². The Morgan fingerprint density at radius 3 is 2.47 bits per heavy atom. The maximum atomic E-state index is 11.6. The van der Waals surface area contributed by atoms with Gasteiger partial charge in [-0.1, -0.05) is 30.1 Å². The Hall–Kier alpha value is -2.88. The molecule has 1 unspecified atom stereocenters. The fourth-order valence-electron chi connectivity index (χ4n) is 4.29. The fourth-order valence-corrected chi connectivity index (χ4v) is 5.92. The Bertz CT molecular complexity index is 1290. The molecular formula is C25H27Cl2N5O3S. The lowest BCUT2D eigenvalue weighted by atomic mass is 9.84. The number of aromatic nitrogens is 2. The quantitative estimate of drug-likeness (QED) is 0.297. The van der Waals surface area contributed by atoms with E-state index in [0.29, 0.717) is 49.7 Å². The summed E-state index contributed by atoms with van der Waals surface area (Å²) >= 11 is 12.4. The van der Waals surface area contributed by atoms with Gasteiger partial charge < -0.3 is 20.1 Å². The van der Waals surface area contributed by atoms with Crippen LogP contribution in [0.4, 0.5) is 11.5 Å². The van der Waals surface area contributed by atoms with E-state index < -0.39 is 10.8 Å². The number of nitrogens with one attached hydrogen (secondary N) is 1. The molecule has 4 rings (SSSR count). The molecule has 3 heterocycles. The molecule has 8 nitrogen and oxygen atoms in total. The van der Waals surface area contributed by atoms with Crippen molar-refractivity contribution < 1.29 is 13.7 Å². The van der Waals surface area contributed by atoms with E-state index in [0.717, 1.165) is 18.9 Å². The van der Waals surface area contributed by atoms with Crippen LogP contribution in [0.5, 0.6) is 11.5 Å². The third-order valence-corrected chi connectivity index (χ3v) is 7.74. The van der Waals surface area contributed by atoms with Gasteiger partial charge in [-0.2, -0.15) is 0 Å². The highest BCUT2D eigenvalue weighted by molar-refractivity contribution is 7.84. The molecule has 36 heavy (non-hydrogen) atoms. The summed E-state index contributed by atoms with van der Waals surface area (Å²) in [6.45, 7) is 3.82. The Kier molecular flexibility index (Phi) is 7.73. The number of nitrogen functional groups attached to an aromatic ring is 1. The monoisotopic (exact) mass is 547 g/mol.